The summed E-state index contributed by atoms with van der Waals surface area (Å²) < 4.78 is 0. The molecular weight excluding hydrogens is 296 g/mol. The van der Waals surface area contributed by atoms with Crippen molar-refractivity contribution in [3.05, 3.63) is 56.9 Å². The van der Waals surface area contributed by atoms with Crippen LogP contribution >= 0.6 is 11.6 Å². The fraction of sp³-hybridized carbons (Fsp3) is 0.154. The van der Waals surface area contributed by atoms with Gasteiger partial charge in [0.1, 0.15) is 5.15 Å². The zero-order chi connectivity index (χ0) is 15.4. The summed E-state index contributed by atoms with van der Waals surface area (Å²) in [5, 5.41) is 13.3. The van der Waals surface area contributed by atoms with Crippen molar-refractivity contribution < 1.29 is 9.72 Å². The number of halogens is 1. The number of hydrogen-bond acceptors (Lipinski definition) is 5. The van der Waals surface area contributed by atoms with Gasteiger partial charge < -0.3 is 0 Å². The molecule has 2 aromatic rings. The van der Waals surface area contributed by atoms with E-state index in [0.717, 1.165) is 0 Å². The van der Waals surface area contributed by atoms with Crippen LogP contribution in [0.1, 0.15) is 11.3 Å². The zero-order valence-corrected chi connectivity index (χ0v) is 11.8. The highest BCUT2D eigenvalue weighted by atomic mass is 35.5. The number of anilines is 1. The summed E-state index contributed by atoms with van der Waals surface area (Å²) in [5.74, 6) is -0.197. The molecule has 21 heavy (non-hydrogen) atoms. The van der Waals surface area contributed by atoms with Gasteiger partial charge in [-0.15, -0.1) is 0 Å². The SMILES string of the molecule is Cc1cc(Cl)nc(NC(=O)Cc2ccc([N+](=O)[O-])cc2)n1. The third kappa shape index (κ3) is 4.22. The first-order chi connectivity index (χ1) is 9.94. The Bertz CT molecular complexity index is 668. The molecule has 0 aliphatic rings. The monoisotopic (exact) mass is 306 g/mol. The lowest BCUT2D eigenvalue weighted by molar-refractivity contribution is -0.384. The summed E-state index contributed by atoms with van der Waals surface area (Å²) in [5.41, 5.74) is 1.27. The largest absolute Gasteiger partial charge is 0.294 e. The second-order valence-electron chi connectivity index (χ2n) is 4.30. The number of benzene rings is 1. The van der Waals surface area contributed by atoms with Crippen LogP contribution in [-0.4, -0.2) is 20.8 Å². The lowest BCUT2D eigenvalue weighted by Gasteiger charge is -2.05. The van der Waals surface area contributed by atoms with E-state index in [-0.39, 0.29) is 29.1 Å². The Hall–Kier alpha value is -2.54. The Morgan fingerprint density at radius 3 is 2.57 bits per heavy atom. The van der Waals surface area contributed by atoms with Gasteiger partial charge in [-0.3, -0.25) is 20.2 Å². The molecule has 0 saturated heterocycles. The molecule has 1 amide bonds. The number of carbonyl (C=O) groups excluding carboxylic acids is 1. The quantitative estimate of drug-likeness (QED) is 0.531. The molecule has 0 radical (unpaired) electrons. The Balaban J connectivity index is 2.02. The first-order valence-corrected chi connectivity index (χ1v) is 6.36. The molecule has 0 fully saturated rings. The number of carbonyl (C=O) groups is 1. The molecule has 1 N–H and O–H groups in total. The number of aromatic nitrogens is 2. The summed E-state index contributed by atoms with van der Waals surface area (Å²) in [7, 11) is 0. The maximum absolute atomic E-state index is 11.9. The lowest BCUT2D eigenvalue weighted by atomic mass is 10.1. The van der Waals surface area contributed by atoms with Crippen LogP contribution in [0.25, 0.3) is 0 Å². The Morgan fingerprint density at radius 2 is 2.00 bits per heavy atom. The summed E-state index contributed by atoms with van der Waals surface area (Å²) >= 11 is 5.77. The molecule has 8 heteroatoms. The number of aryl methyl sites for hydroxylation is 1. The average Bonchev–Trinajstić information content (AvgIpc) is 2.37. The first kappa shape index (κ1) is 14.9. The summed E-state index contributed by atoms with van der Waals surface area (Å²) in [6.07, 6.45) is 0.0624. The van der Waals surface area contributed by atoms with E-state index in [1.165, 1.54) is 24.3 Å². The standard InChI is InChI=1S/C13H11ClN4O3/c1-8-6-11(14)16-13(15-8)17-12(19)7-9-2-4-10(5-3-9)18(20)21/h2-6H,7H2,1H3,(H,15,16,17,19). The highest BCUT2D eigenvalue weighted by Crippen LogP contribution is 2.13. The predicted octanol–water partition coefficient (Wildman–Crippen LogP) is 2.53. The van der Waals surface area contributed by atoms with Crippen LogP contribution in [0.2, 0.25) is 5.15 Å². The van der Waals surface area contributed by atoms with Gasteiger partial charge in [0.05, 0.1) is 11.3 Å². The van der Waals surface area contributed by atoms with Crippen molar-refractivity contribution in [2.24, 2.45) is 0 Å². The van der Waals surface area contributed by atoms with Gasteiger partial charge in [-0.1, -0.05) is 23.7 Å². The average molecular weight is 307 g/mol. The molecule has 1 heterocycles. The maximum atomic E-state index is 11.9. The molecule has 108 valence electrons. The predicted molar refractivity (Wildman–Crippen MR) is 77.2 cm³/mol. The molecule has 2 rings (SSSR count). The van der Waals surface area contributed by atoms with Gasteiger partial charge in [-0.2, -0.15) is 0 Å². The van der Waals surface area contributed by atoms with Crippen molar-refractivity contribution in [1.82, 2.24) is 9.97 Å². The molecule has 7 nitrogen and oxygen atoms in total. The minimum Gasteiger partial charge on any atom is -0.294 e. The molecule has 0 saturated carbocycles. The number of hydrogen-bond donors (Lipinski definition) is 1. The van der Waals surface area contributed by atoms with E-state index in [1.54, 1.807) is 13.0 Å². The van der Waals surface area contributed by atoms with E-state index in [9.17, 15) is 14.9 Å². The van der Waals surface area contributed by atoms with Gasteiger partial charge >= 0.3 is 0 Å². The smallest absolute Gasteiger partial charge is 0.269 e. The van der Waals surface area contributed by atoms with Crippen LogP contribution in [0, 0.1) is 17.0 Å². The van der Waals surface area contributed by atoms with Gasteiger partial charge in [-0.05, 0) is 18.6 Å². The second-order valence-corrected chi connectivity index (χ2v) is 4.69. The Kier molecular flexibility index (Phi) is 4.44. The van der Waals surface area contributed by atoms with Crippen molar-refractivity contribution in [3.63, 3.8) is 0 Å². The van der Waals surface area contributed by atoms with Gasteiger partial charge in [-0.25, -0.2) is 9.97 Å². The Labute approximate surface area is 125 Å². The Morgan fingerprint density at radius 1 is 1.33 bits per heavy atom. The van der Waals surface area contributed by atoms with Crippen LogP contribution in [0.5, 0.6) is 0 Å². The van der Waals surface area contributed by atoms with Crippen LogP contribution < -0.4 is 5.32 Å². The van der Waals surface area contributed by atoms with Crippen molar-refractivity contribution in [1.29, 1.82) is 0 Å². The van der Waals surface area contributed by atoms with Crippen LogP contribution in [0.15, 0.2) is 30.3 Å². The van der Waals surface area contributed by atoms with Crippen molar-refractivity contribution in [3.8, 4) is 0 Å². The topological polar surface area (TPSA) is 98.0 Å². The first-order valence-electron chi connectivity index (χ1n) is 5.98. The van der Waals surface area contributed by atoms with E-state index in [4.69, 9.17) is 11.6 Å². The molecule has 0 atom stereocenters. The molecule has 0 unspecified atom stereocenters. The molecule has 0 spiro atoms. The molecule has 0 aliphatic carbocycles. The molecule has 0 aliphatic heterocycles. The van der Waals surface area contributed by atoms with E-state index in [2.05, 4.69) is 15.3 Å². The number of nitrogens with one attached hydrogen (secondary N) is 1. The highest BCUT2D eigenvalue weighted by molar-refractivity contribution is 6.29. The van der Waals surface area contributed by atoms with Crippen molar-refractivity contribution >= 4 is 29.1 Å². The summed E-state index contributed by atoms with van der Waals surface area (Å²) in [6, 6.07) is 7.34. The summed E-state index contributed by atoms with van der Waals surface area (Å²) in [4.78, 5) is 29.8. The minimum absolute atomic E-state index is 0.0204. The third-order valence-electron chi connectivity index (χ3n) is 2.59. The zero-order valence-electron chi connectivity index (χ0n) is 11.0. The van der Waals surface area contributed by atoms with Crippen LogP contribution in [0.4, 0.5) is 11.6 Å². The van der Waals surface area contributed by atoms with E-state index < -0.39 is 4.92 Å². The maximum Gasteiger partial charge on any atom is 0.269 e. The second kappa shape index (κ2) is 6.27. The fourth-order valence-electron chi connectivity index (χ4n) is 1.68. The van der Waals surface area contributed by atoms with Gasteiger partial charge in [0.25, 0.3) is 5.69 Å². The van der Waals surface area contributed by atoms with E-state index >= 15 is 0 Å². The molecular formula is C13H11ClN4O3. The fourth-order valence-corrected chi connectivity index (χ4v) is 1.91. The van der Waals surface area contributed by atoms with Gasteiger partial charge in [0, 0.05) is 17.8 Å². The van der Waals surface area contributed by atoms with Crippen molar-refractivity contribution in [2.45, 2.75) is 13.3 Å². The highest BCUT2D eigenvalue weighted by Gasteiger charge is 2.09. The molecule has 0 bridgehead atoms. The van der Waals surface area contributed by atoms with Gasteiger partial charge in [0.2, 0.25) is 11.9 Å². The third-order valence-corrected chi connectivity index (χ3v) is 2.78. The molecule has 1 aromatic heterocycles. The number of amides is 1. The van der Waals surface area contributed by atoms with Gasteiger partial charge in [0.15, 0.2) is 0 Å². The lowest BCUT2D eigenvalue weighted by Crippen LogP contribution is -2.16. The molecule has 1 aromatic carbocycles. The number of nitrogens with zero attached hydrogens (tertiary/aromatic N) is 3. The number of nitro benzene ring substituents is 1. The van der Waals surface area contributed by atoms with E-state index in [1.807, 2.05) is 0 Å². The normalized spacial score (nSPS) is 10.2. The summed E-state index contributed by atoms with van der Waals surface area (Å²) in [6.45, 7) is 1.74. The van der Waals surface area contributed by atoms with Crippen molar-refractivity contribution in [2.75, 3.05) is 5.32 Å². The van der Waals surface area contributed by atoms with E-state index in [0.29, 0.717) is 11.3 Å². The van der Waals surface area contributed by atoms with Crippen LogP contribution in [0.3, 0.4) is 0 Å². The minimum atomic E-state index is -0.494. The number of nitro groups is 1. The number of rotatable bonds is 4. The van der Waals surface area contributed by atoms with Crippen LogP contribution in [-0.2, 0) is 11.2 Å². The number of non-ortho nitro benzene ring substituents is 1.